The first kappa shape index (κ1) is 10.9. The van der Waals surface area contributed by atoms with Gasteiger partial charge in [-0.15, -0.1) is 0 Å². The lowest BCUT2D eigenvalue weighted by Crippen LogP contribution is -2.33. The van der Waals surface area contributed by atoms with Gasteiger partial charge in [0, 0.05) is 6.54 Å². The molecule has 0 saturated carbocycles. The Morgan fingerprint density at radius 1 is 1.44 bits per heavy atom. The standard InChI is InChI=1S/C13H15NO2/c1-10-7-8-14-12(10)13(15)16-9-11-5-3-2-4-6-11/h2-6,12,14H,1,7-9H2/t12-/m0/s1. The molecule has 1 aliphatic rings. The number of carbonyl (C=O) groups excluding carboxylic acids is 1. The van der Waals surface area contributed by atoms with Crippen molar-refractivity contribution < 1.29 is 9.53 Å². The minimum absolute atomic E-state index is 0.230. The summed E-state index contributed by atoms with van der Waals surface area (Å²) >= 11 is 0. The normalized spacial score (nSPS) is 19.8. The van der Waals surface area contributed by atoms with Crippen molar-refractivity contribution in [2.45, 2.75) is 19.1 Å². The first-order valence-corrected chi connectivity index (χ1v) is 5.39. The molecule has 3 heteroatoms. The third-order valence-electron chi connectivity index (χ3n) is 2.66. The van der Waals surface area contributed by atoms with E-state index in [1.165, 1.54) is 0 Å². The van der Waals surface area contributed by atoms with Crippen LogP contribution in [-0.2, 0) is 16.1 Å². The van der Waals surface area contributed by atoms with Crippen LogP contribution in [0.3, 0.4) is 0 Å². The van der Waals surface area contributed by atoms with Gasteiger partial charge in [-0.25, -0.2) is 4.79 Å². The highest BCUT2D eigenvalue weighted by molar-refractivity contribution is 5.80. The fourth-order valence-corrected chi connectivity index (χ4v) is 1.73. The molecule has 0 unspecified atom stereocenters. The SMILES string of the molecule is C=C1CCN[C@@H]1C(=O)OCc1ccccc1. The van der Waals surface area contributed by atoms with Crippen molar-refractivity contribution in [3.05, 3.63) is 48.0 Å². The minimum Gasteiger partial charge on any atom is -0.459 e. The Morgan fingerprint density at radius 2 is 2.19 bits per heavy atom. The van der Waals surface area contributed by atoms with Gasteiger partial charge in [-0.3, -0.25) is 0 Å². The highest BCUT2D eigenvalue weighted by Gasteiger charge is 2.26. The summed E-state index contributed by atoms with van der Waals surface area (Å²) < 4.78 is 5.22. The van der Waals surface area contributed by atoms with Crippen molar-refractivity contribution in [1.29, 1.82) is 0 Å². The van der Waals surface area contributed by atoms with Gasteiger partial charge in [-0.05, 0) is 17.6 Å². The number of carbonyl (C=O) groups is 1. The van der Waals surface area contributed by atoms with E-state index in [4.69, 9.17) is 4.74 Å². The van der Waals surface area contributed by atoms with Gasteiger partial charge >= 0.3 is 5.97 Å². The number of hydrogen-bond acceptors (Lipinski definition) is 3. The summed E-state index contributed by atoms with van der Waals surface area (Å²) in [6, 6.07) is 9.34. The van der Waals surface area contributed by atoms with E-state index in [9.17, 15) is 4.79 Å². The Bertz CT molecular complexity index is 386. The van der Waals surface area contributed by atoms with Crippen LogP contribution in [0, 0.1) is 0 Å². The monoisotopic (exact) mass is 217 g/mol. The average molecular weight is 217 g/mol. The van der Waals surface area contributed by atoms with Crippen LogP contribution in [0.4, 0.5) is 0 Å². The molecule has 0 aromatic heterocycles. The molecule has 84 valence electrons. The third-order valence-corrected chi connectivity index (χ3v) is 2.66. The smallest absolute Gasteiger partial charge is 0.327 e. The van der Waals surface area contributed by atoms with Gasteiger partial charge in [0.2, 0.25) is 0 Å². The fraction of sp³-hybridized carbons (Fsp3) is 0.308. The molecule has 1 N–H and O–H groups in total. The van der Waals surface area contributed by atoms with Gasteiger partial charge in [-0.2, -0.15) is 0 Å². The van der Waals surface area contributed by atoms with Crippen molar-refractivity contribution in [1.82, 2.24) is 5.32 Å². The molecule has 1 atom stereocenters. The van der Waals surface area contributed by atoms with Crippen molar-refractivity contribution in [2.75, 3.05) is 6.54 Å². The first-order chi connectivity index (χ1) is 7.77. The van der Waals surface area contributed by atoms with E-state index < -0.39 is 0 Å². The maximum atomic E-state index is 11.7. The Balaban J connectivity index is 1.86. The highest BCUT2D eigenvalue weighted by Crippen LogP contribution is 2.13. The molecule has 0 spiro atoms. The lowest BCUT2D eigenvalue weighted by atomic mass is 10.1. The molecule has 1 heterocycles. The molecule has 1 fully saturated rings. The van der Waals surface area contributed by atoms with Gasteiger partial charge in [0.15, 0.2) is 0 Å². The number of ether oxygens (including phenoxy) is 1. The number of esters is 1. The van der Waals surface area contributed by atoms with E-state index in [0.29, 0.717) is 6.61 Å². The predicted molar refractivity (Wildman–Crippen MR) is 61.8 cm³/mol. The molecule has 2 rings (SSSR count). The Morgan fingerprint density at radius 3 is 2.81 bits per heavy atom. The van der Waals surface area contributed by atoms with Gasteiger partial charge < -0.3 is 10.1 Å². The quantitative estimate of drug-likeness (QED) is 0.618. The van der Waals surface area contributed by atoms with Gasteiger partial charge in [0.05, 0.1) is 0 Å². The fourth-order valence-electron chi connectivity index (χ4n) is 1.73. The van der Waals surface area contributed by atoms with Crippen molar-refractivity contribution in [2.24, 2.45) is 0 Å². The molecule has 0 bridgehead atoms. The lowest BCUT2D eigenvalue weighted by Gasteiger charge is -2.11. The van der Waals surface area contributed by atoms with Gasteiger partial charge in [0.1, 0.15) is 12.6 Å². The molecular weight excluding hydrogens is 202 g/mol. The van der Waals surface area contributed by atoms with Crippen molar-refractivity contribution in [3.8, 4) is 0 Å². The van der Waals surface area contributed by atoms with Crippen LogP contribution in [0.15, 0.2) is 42.5 Å². The zero-order chi connectivity index (χ0) is 11.4. The second-order valence-corrected chi connectivity index (χ2v) is 3.89. The van der Waals surface area contributed by atoms with E-state index in [1.807, 2.05) is 30.3 Å². The summed E-state index contributed by atoms with van der Waals surface area (Å²) in [5.74, 6) is -0.230. The maximum absolute atomic E-state index is 11.7. The molecule has 1 aliphatic heterocycles. The van der Waals surface area contributed by atoms with Crippen molar-refractivity contribution >= 4 is 5.97 Å². The summed E-state index contributed by atoms with van der Waals surface area (Å²) in [7, 11) is 0. The number of nitrogens with one attached hydrogen (secondary N) is 1. The maximum Gasteiger partial charge on any atom is 0.327 e. The number of benzene rings is 1. The van der Waals surface area contributed by atoms with E-state index >= 15 is 0 Å². The molecule has 1 aromatic carbocycles. The average Bonchev–Trinajstić information content (AvgIpc) is 2.74. The van der Waals surface area contributed by atoms with E-state index in [-0.39, 0.29) is 12.0 Å². The van der Waals surface area contributed by atoms with Gasteiger partial charge in [0.25, 0.3) is 0 Å². The molecular formula is C13H15NO2. The minimum atomic E-state index is -0.316. The van der Waals surface area contributed by atoms with Crippen LogP contribution in [-0.4, -0.2) is 18.6 Å². The van der Waals surface area contributed by atoms with Crippen LogP contribution in [0.2, 0.25) is 0 Å². The zero-order valence-corrected chi connectivity index (χ0v) is 9.11. The van der Waals surface area contributed by atoms with E-state index in [0.717, 1.165) is 24.1 Å². The molecule has 1 saturated heterocycles. The molecule has 1 aromatic rings. The predicted octanol–water partition coefficient (Wildman–Crippen LogP) is 1.65. The Hall–Kier alpha value is -1.61. The van der Waals surface area contributed by atoms with Crippen LogP contribution in [0.1, 0.15) is 12.0 Å². The Kier molecular flexibility index (Phi) is 3.37. The summed E-state index contributed by atoms with van der Waals surface area (Å²) in [6.45, 7) is 4.98. The Labute approximate surface area is 95.1 Å². The molecule has 0 radical (unpaired) electrons. The van der Waals surface area contributed by atoms with Gasteiger partial charge in [-0.1, -0.05) is 36.9 Å². The number of rotatable bonds is 3. The topological polar surface area (TPSA) is 38.3 Å². The van der Waals surface area contributed by atoms with E-state index in [1.54, 1.807) is 0 Å². The molecule has 0 amide bonds. The van der Waals surface area contributed by atoms with Crippen LogP contribution < -0.4 is 5.32 Å². The largest absolute Gasteiger partial charge is 0.459 e. The van der Waals surface area contributed by atoms with Crippen LogP contribution >= 0.6 is 0 Å². The van der Waals surface area contributed by atoms with E-state index in [2.05, 4.69) is 11.9 Å². The second kappa shape index (κ2) is 4.94. The van der Waals surface area contributed by atoms with Crippen LogP contribution in [0.5, 0.6) is 0 Å². The van der Waals surface area contributed by atoms with Crippen molar-refractivity contribution in [3.63, 3.8) is 0 Å². The highest BCUT2D eigenvalue weighted by atomic mass is 16.5. The summed E-state index contributed by atoms with van der Waals surface area (Å²) in [5, 5.41) is 3.07. The summed E-state index contributed by atoms with van der Waals surface area (Å²) in [4.78, 5) is 11.7. The summed E-state index contributed by atoms with van der Waals surface area (Å²) in [5.41, 5.74) is 1.91. The number of hydrogen-bond donors (Lipinski definition) is 1. The van der Waals surface area contributed by atoms with Crippen LogP contribution in [0.25, 0.3) is 0 Å². The lowest BCUT2D eigenvalue weighted by molar-refractivity contribution is -0.146. The molecule has 0 aliphatic carbocycles. The third kappa shape index (κ3) is 2.49. The molecule has 3 nitrogen and oxygen atoms in total. The summed E-state index contributed by atoms with van der Waals surface area (Å²) in [6.07, 6.45) is 0.852. The first-order valence-electron chi connectivity index (χ1n) is 5.39. The zero-order valence-electron chi connectivity index (χ0n) is 9.11. The second-order valence-electron chi connectivity index (χ2n) is 3.89. The molecule has 16 heavy (non-hydrogen) atoms.